The zero-order valence-electron chi connectivity index (χ0n) is 10.6. The van der Waals surface area contributed by atoms with Gasteiger partial charge in [0.25, 0.3) is 15.0 Å². The molecular formula is C11H12Cl2FNO4S. The number of nitrogens with one attached hydrogen (secondary N) is 1. The Kier molecular flexibility index (Phi) is 5.76. The third-order valence-electron chi connectivity index (χ3n) is 2.32. The first-order valence-electron chi connectivity index (χ1n) is 5.40. The van der Waals surface area contributed by atoms with Gasteiger partial charge in [-0.25, -0.2) is 12.8 Å². The van der Waals surface area contributed by atoms with E-state index in [-0.39, 0.29) is 17.7 Å². The van der Waals surface area contributed by atoms with Crippen LogP contribution in [-0.4, -0.2) is 34.1 Å². The lowest BCUT2D eigenvalue weighted by molar-refractivity contribution is 0.0901. The van der Waals surface area contributed by atoms with E-state index in [1.54, 1.807) is 6.92 Å². The van der Waals surface area contributed by atoms with Crippen molar-refractivity contribution in [2.24, 2.45) is 0 Å². The van der Waals surface area contributed by atoms with Crippen molar-refractivity contribution in [3.63, 3.8) is 0 Å². The maximum atomic E-state index is 13.7. The Balaban J connectivity index is 3.16. The van der Waals surface area contributed by atoms with E-state index in [0.29, 0.717) is 0 Å². The maximum absolute atomic E-state index is 13.7. The molecule has 0 radical (unpaired) electrons. The molecule has 9 heteroatoms. The van der Waals surface area contributed by atoms with Crippen LogP contribution in [0.5, 0.6) is 0 Å². The SMILES string of the molecule is COCC(C)NC(=O)c1cc(S(=O)(=O)Cl)c(Cl)cc1F. The average Bonchev–Trinajstić information content (AvgIpc) is 2.26. The standard InChI is InChI=1S/C11H12Cl2FNO4S/c1-6(5-19-2)15-11(16)7-3-10(20(13,17)18)8(12)4-9(7)14/h3-4,6H,5H2,1-2H3,(H,15,16). The summed E-state index contributed by atoms with van der Waals surface area (Å²) in [5.41, 5.74) is -0.462. The molecule has 0 fully saturated rings. The van der Waals surface area contributed by atoms with E-state index in [4.69, 9.17) is 27.0 Å². The molecule has 0 aliphatic carbocycles. The van der Waals surface area contributed by atoms with E-state index in [1.165, 1.54) is 7.11 Å². The molecule has 0 aliphatic heterocycles. The maximum Gasteiger partial charge on any atom is 0.262 e. The summed E-state index contributed by atoms with van der Waals surface area (Å²) in [4.78, 5) is 11.3. The van der Waals surface area contributed by atoms with Gasteiger partial charge in [-0.1, -0.05) is 11.6 Å². The van der Waals surface area contributed by atoms with Crippen molar-refractivity contribution >= 4 is 37.2 Å². The molecule has 1 amide bonds. The first-order chi connectivity index (χ1) is 9.16. The van der Waals surface area contributed by atoms with Crippen molar-refractivity contribution < 1.29 is 22.3 Å². The van der Waals surface area contributed by atoms with E-state index in [9.17, 15) is 17.6 Å². The second-order valence-electron chi connectivity index (χ2n) is 4.03. The van der Waals surface area contributed by atoms with Gasteiger partial charge in [0.05, 0.1) is 17.2 Å². The van der Waals surface area contributed by atoms with E-state index in [2.05, 4.69) is 5.32 Å². The average molecular weight is 344 g/mol. The van der Waals surface area contributed by atoms with Crippen molar-refractivity contribution in [2.75, 3.05) is 13.7 Å². The molecule has 0 saturated heterocycles. The first kappa shape index (κ1) is 17.2. The number of carbonyl (C=O) groups excluding carboxylic acids is 1. The van der Waals surface area contributed by atoms with Crippen LogP contribution in [0.3, 0.4) is 0 Å². The third kappa shape index (κ3) is 4.31. The molecule has 1 aromatic rings. The minimum absolute atomic E-state index is 0.224. The summed E-state index contributed by atoms with van der Waals surface area (Å²) in [6.07, 6.45) is 0. The predicted octanol–water partition coefficient (Wildman–Crippen LogP) is 2.17. The van der Waals surface area contributed by atoms with Crippen molar-refractivity contribution in [2.45, 2.75) is 17.9 Å². The molecule has 1 atom stereocenters. The van der Waals surface area contributed by atoms with Crippen molar-refractivity contribution in [3.8, 4) is 0 Å². The molecule has 112 valence electrons. The number of hydrogen-bond acceptors (Lipinski definition) is 4. The Morgan fingerprint density at radius 2 is 2.10 bits per heavy atom. The van der Waals surface area contributed by atoms with Gasteiger partial charge < -0.3 is 10.1 Å². The van der Waals surface area contributed by atoms with E-state index in [1.807, 2.05) is 0 Å². The Morgan fingerprint density at radius 1 is 1.50 bits per heavy atom. The van der Waals surface area contributed by atoms with E-state index >= 15 is 0 Å². The zero-order chi connectivity index (χ0) is 15.5. The van der Waals surface area contributed by atoms with Gasteiger partial charge in [0.2, 0.25) is 0 Å². The molecule has 0 bridgehead atoms. The first-order valence-corrected chi connectivity index (χ1v) is 8.09. The predicted molar refractivity (Wildman–Crippen MR) is 73.3 cm³/mol. The number of amides is 1. The Morgan fingerprint density at radius 3 is 2.60 bits per heavy atom. The number of halogens is 3. The molecule has 1 N–H and O–H groups in total. The number of ether oxygens (including phenoxy) is 1. The second-order valence-corrected chi connectivity index (χ2v) is 6.97. The molecule has 0 spiro atoms. The number of rotatable bonds is 5. The number of hydrogen-bond donors (Lipinski definition) is 1. The van der Waals surface area contributed by atoms with Crippen LogP contribution >= 0.6 is 22.3 Å². The summed E-state index contributed by atoms with van der Waals surface area (Å²) < 4.78 is 41.1. The van der Waals surface area contributed by atoms with Gasteiger partial charge in [-0.05, 0) is 19.1 Å². The van der Waals surface area contributed by atoms with Gasteiger partial charge in [0.15, 0.2) is 0 Å². The fourth-order valence-corrected chi connectivity index (χ4v) is 2.99. The smallest absolute Gasteiger partial charge is 0.262 e. The van der Waals surface area contributed by atoms with Crippen LogP contribution in [0.25, 0.3) is 0 Å². The topological polar surface area (TPSA) is 72.5 Å². The highest BCUT2D eigenvalue weighted by Gasteiger charge is 2.22. The van der Waals surface area contributed by atoms with Gasteiger partial charge in [-0.15, -0.1) is 0 Å². The summed E-state index contributed by atoms with van der Waals surface area (Å²) in [5.74, 6) is -1.73. The van der Waals surface area contributed by atoms with Crippen molar-refractivity contribution in [1.82, 2.24) is 5.32 Å². The quantitative estimate of drug-likeness (QED) is 0.831. The van der Waals surface area contributed by atoms with Crippen LogP contribution in [-0.2, 0) is 13.8 Å². The second kappa shape index (κ2) is 6.71. The summed E-state index contributed by atoms with van der Waals surface area (Å²) in [5, 5.41) is 2.06. The molecular weight excluding hydrogens is 332 g/mol. The Hall–Kier alpha value is -0.890. The highest BCUT2D eigenvalue weighted by atomic mass is 35.7. The molecule has 0 saturated carbocycles. The molecule has 0 aromatic heterocycles. The number of methoxy groups -OCH3 is 1. The number of benzene rings is 1. The van der Waals surface area contributed by atoms with E-state index in [0.717, 1.165) is 12.1 Å². The lowest BCUT2D eigenvalue weighted by atomic mass is 10.2. The summed E-state index contributed by atoms with van der Waals surface area (Å²) in [6.45, 7) is 1.87. The zero-order valence-corrected chi connectivity index (χ0v) is 12.9. The van der Waals surface area contributed by atoms with Crippen LogP contribution in [0.15, 0.2) is 17.0 Å². The minimum atomic E-state index is -4.18. The fourth-order valence-electron chi connectivity index (χ4n) is 1.48. The van der Waals surface area contributed by atoms with Crippen LogP contribution in [0.1, 0.15) is 17.3 Å². The highest BCUT2D eigenvalue weighted by molar-refractivity contribution is 8.13. The summed E-state index contributed by atoms with van der Waals surface area (Å²) in [7, 11) is 2.43. The Labute approximate surface area is 125 Å². The van der Waals surface area contributed by atoms with Gasteiger partial charge in [-0.2, -0.15) is 0 Å². The van der Waals surface area contributed by atoms with Crippen LogP contribution in [0.4, 0.5) is 4.39 Å². The largest absolute Gasteiger partial charge is 0.383 e. The molecule has 1 unspecified atom stereocenters. The molecule has 5 nitrogen and oxygen atoms in total. The van der Waals surface area contributed by atoms with E-state index < -0.39 is 31.2 Å². The van der Waals surface area contributed by atoms with Crippen molar-refractivity contribution in [1.29, 1.82) is 0 Å². The minimum Gasteiger partial charge on any atom is -0.383 e. The fraction of sp³-hybridized carbons (Fsp3) is 0.364. The molecule has 1 rings (SSSR count). The third-order valence-corrected chi connectivity index (χ3v) is 4.11. The Bertz CT molecular complexity index is 621. The summed E-state index contributed by atoms with van der Waals surface area (Å²) in [6, 6.07) is 1.15. The molecule has 0 heterocycles. The van der Waals surface area contributed by atoms with Crippen LogP contribution < -0.4 is 5.32 Å². The van der Waals surface area contributed by atoms with Gasteiger partial charge >= 0.3 is 0 Å². The normalized spacial score (nSPS) is 13.1. The summed E-state index contributed by atoms with van der Waals surface area (Å²) >= 11 is 5.59. The monoisotopic (exact) mass is 343 g/mol. The van der Waals surface area contributed by atoms with Crippen LogP contribution in [0.2, 0.25) is 5.02 Å². The van der Waals surface area contributed by atoms with Gasteiger partial charge in [0.1, 0.15) is 10.7 Å². The molecule has 1 aromatic carbocycles. The molecule has 0 aliphatic rings. The van der Waals surface area contributed by atoms with Gasteiger partial charge in [0, 0.05) is 23.8 Å². The lowest BCUT2D eigenvalue weighted by Gasteiger charge is -2.13. The lowest BCUT2D eigenvalue weighted by Crippen LogP contribution is -2.36. The number of carbonyl (C=O) groups is 1. The van der Waals surface area contributed by atoms with Crippen molar-refractivity contribution in [3.05, 3.63) is 28.5 Å². The van der Waals surface area contributed by atoms with Gasteiger partial charge in [-0.3, -0.25) is 4.79 Å². The van der Waals surface area contributed by atoms with Crippen LogP contribution in [0, 0.1) is 5.82 Å². The highest BCUT2D eigenvalue weighted by Crippen LogP contribution is 2.27. The molecule has 20 heavy (non-hydrogen) atoms.